The highest BCUT2D eigenvalue weighted by molar-refractivity contribution is 5.75. The molecule has 1 aliphatic rings. The maximum Gasteiger partial charge on any atom is 0.198 e. The van der Waals surface area contributed by atoms with Crippen molar-refractivity contribution in [3.63, 3.8) is 0 Å². The van der Waals surface area contributed by atoms with E-state index >= 15 is 0 Å². The number of halogens is 9. The molecular weight excluding hydrogens is 351 g/mol. The first-order valence-electron chi connectivity index (χ1n) is 6.22. The Morgan fingerprint density at radius 3 is 1.83 bits per heavy atom. The van der Waals surface area contributed by atoms with E-state index in [1.807, 2.05) is 0 Å². The summed E-state index contributed by atoms with van der Waals surface area (Å²) in [5.74, 6) is -21.0. The second kappa shape index (κ2) is 5.29. The lowest BCUT2D eigenvalue weighted by atomic mass is 9.91. The number of hydrogen-bond acceptors (Lipinski definition) is 0. The monoisotopic (exact) mass is 354 g/mol. The number of rotatable bonds is 1. The van der Waals surface area contributed by atoms with Crippen LogP contribution in [0.25, 0.3) is 5.83 Å². The minimum absolute atomic E-state index is 0.0782. The van der Waals surface area contributed by atoms with Gasteiger partial charge in [0.05, 0.1) is 11.5 Å². The molecule has 0 heterocycles. The summed E-state index contributed by atoms with van der Waals surface area (Å²) in [6.45, 7) is 0. The van der Waals surface area contributed by atoms with Crippen LogP contribution in [-0.4, -0.2) is 0 Å². The van der Waals surface area contributed by atoms with Crippen molar-refractivity contribution in [3.8, 4) is 0 Å². The maximum atomic E-state index is 14.0. The molecule has 0 nitrogen and oxygen atoms in total. The van der Waals surface area contributed by atoms with Crippen molar-refractivity contribution >= 4 is 5.83 Å². The summed E-state index contributed by atoms with van der Waals surface area (Å²) in [7, 11) is 0. The zero-order valence-electron chi connectivity index (χ0n) is 11.1. The molecule has 126 valence electrons. The van der Waals surface area contributed by atoms with E-state index in [9.17, 15) is 39.5 Å². The minimum Gasteiger partial charge on any atom is -0.208 e. The van der Waals surface area contributed by atoms with Gasteiger partial charge in [-0.3, -0.25) is 0 Å². The fourth-order valence-corrected chi connectivity index (χ4v) is 2.59. The molecule has 0 amide bonds. The fraction of sp³-hybridized carbons (Fsp3) is 0.0667. The van der Waals surface area contributed by atoms with E-state index in [0.717, 1.165) is 0 Å². The summed E-state index contributed by atoms with van der Waals surface area (Å²) >= 11 is 0. The molecule has 0 bridgehead atoms. The second-order valence-electron chi connectivity index (χ2n) is 4.93. The van der Waals surface area contributed by atoms with E-state index < -0.39 is 75.0 Å². The molecule has 0 saturated heterocycles. The lowest BCUT2D eigenvalue weighted by molar-refractivity contribution is 0.400. The van der Waals surface area contributed by atoms with Crippen LogP contribution in [0.4, 0.5) is 39.5 Å². The fourth-order valence-electron chi connectivity index (χ4n) is 2.59. The van der Waals surface area contributed by atoms with Gasteiger partial charge >= 0.3 is 0 Å². The van der Waals surface area contributed by atoms with E-state index in [-0.39, 0.29) is 12.1 Å². The van der Waals surface area contributed by atoms with Crippen molar-refractivity contribution < 1.29 is 39.5 Å². The molecule has 1 atom stereocenters. The summed E-state index contributed by atoms with van der Waals surface area (Å²) in [6, 6.07) is 0.290. The van der Waals surface area contributed by atoms with Gasteiger partial charge in [0.25, 0.3) is 0 Å². The molecule has 3 rings (SSSR count). The molecule has 2 aromatic rings. The van der Waals surface area contributed by atoms with Gasteiger partial charge in [-0.2, -0.15) is 0 Å². The van der Waals surface area contributed by atoms with Crippen LogP contribution in [0.5, 0.6) is 0 Å². The van der Waals surface area contributed by atoms with E-state index in [1.54, 1.807) is 0 Å². The zero-order chi connectivity index (χ0) is 17.9. The van der Waals surface area contributed by atoms with Gasteiger partial charge in [0.2, 0.25) is 0 Å². The predicted octanol–water partition coefficient (Wildman–Crippen LogP) is 5.41. The van der Waals surface area contributed by atoms with Gasteiger partial charge in [-0.1, -0.05) is 0 Å². The number of fused-ring (bicyclic) bond motifs is 1. The predicted molar refractivity (Wildman–Crippen MR) is 63.6 cm³/mol. The average molecular weight is 354 g/mol. The SMILES string of the molecule is FC1=C(F)C(c2cc(F)cc(F)c2F)c2c(F)c(F)c(F)c(F)c21. The zero-order valence-corrected chi connectivity index (χ0v) is 11.1. The smallest absolute Gasteiger partial charge is 0.198 e. The van der Waals surface area contributed by atoms with Crippen LogP contribution in [0.2, 0.25) is 0 Å². The summed E-state index contributed by atoms with van der Waals surface area (Å²) < 4.78 is 122. The topological polar surface area (TPSA) is 0 Å². The highest BCUT2D eigenvalue weighted by atomic mass is 19.2. The summed E-state index contributed by atoms with van der Waals surface area (Å²) in [4.78, 5) is 0. The normalized spacial score (nSPS) is 16.8. The molecule has 1 aliphatic carbocycles. The van der Waals surface area contributed by atoms with Gasteiger partial charge in [0.15, 0.2) is 40.7 Å². The van der Waals surface area contributed by atoms with Crippen molar-refractivity contribution in [2.75, 3.05) is 0 Å². The molecule has 0 radical (unpaired) electrons. The third-order valence-electron chi connectivity index (χ3n) is 3.61. The number of benzene rings is 2. The Bertz CT molecular complexity index is 914. The van der Waals surface area contributed by atoms with Gasteiger partial charge in [-0.05, 0) is 6.07 Å². The summed E-state index contributed by atoms with van der Waals surface area (Å²) in [5.41, 5.74) is -4.26. The van der Waals surface area contributed by atoms with E-state index in [0.29, 0.717) is 0 Å². The molecule has 0 fully saturated rings. The van der Waals surface area contributed by atoms with E-state index in [1.165, 1.54) is 0 Å². The van der Waals surface area contributed by atoms with Gasteiger partial charge in [-0.25, -0.2) is 39.5 Å². The van der Waals surface area contributed by atoms with Crippen molar-refractivity contribution in [1.82, 2.24) is 0 Å². The first kappa shape index (κ1) is 16.4. The van der Waals surface area contributed by atoms with Crippen LogP contribution < -0.4 is 0 Å². The molecule has 0 aliphatic heterocycles. The Kier molecular flexibility index (Phi) is 3.61. The van der Waals surface area contributed by atoms with Crippen LogP contribution in [0.15, 0.2) is 18.0 Å². The summed E-state index contributed by atoms with van der Waals surface area (Å²) in [5, 5.41) is 0. The first-order valence-corrected chi connectivity index (χ1v) is 6.22. The molecule has 24 heavy (non-hydrogen) atoms. The number of allylic oxidation sites excluding steroid dienone is 1. The standard InChI is InChI=1S/C15H3F9/c16-3-1-4(9(18)5(17)2-3)6-7-8(12(21)10(6)19)13(22)15(24)14(23)11(7)20/h1-2,6H. The van der Waals surface area contributed by atoms with Crippen molar-refractivity contribution in [2.24, 2.45) is 0 Å². The Hall–Kier alpha value is -2.45. The highest BCUT2D eigenvalue weighted by Crippen LogP contribution is 2.50. The molecule has 0 saturated carbocycles. The number of hydrogen-bond donors (Lipinski definition) is 0. The third kappa shape index (κ3) is 2.03. The van der Waals surface area contributed by atoms with Gasteiger partial charge in [-0.15, -0.1) is 0 Å². The van der Waals surface area contributed by atoms with Crippen LogP contribution in [0.1, 0.15) is 22.6 Å². The largest absolute Gasteiger partial charge is 0.208 e. The Morgan fingerprint density at radius 2 is 1.21 bits per heavy atom. The van der Waals surface area contributed by atoms with Gasteiger partial charge in [0.1, 0.15) is 11.6 Å². The molecule has 0 spiro atoms. The van der Waals surface area contributed by atoms with Crippen LogP contribution in [0.3, 0.4) is 0 Å². The first-order chi connectivity index (χ1) is 11.2. The van der Waals surface area contributed by atoms with Crippen molar-refractivity contribution in [2.45, 2.75) is 5.92 Å². The Balaban J connectivity index is 2.40. The molecule has 9 heteroatoms. The quantitative estimate of drug-likeness (QED) is 0.365. The van der Waals surface area contributed by atoms with Crippen LogP contribution in [-0.2, 0) is 0 Å². The molecule has 0 N–H and O–H groups in total. The highest BCUT2D eigenvalue weighted by Gasteiger charge is 2.43. The van der Waals surface area contributed by atoms with Crippen molar-refractivity contribution in [3.05, 3.63) is 75.4 Å². The Labute approximate surface area is 127 Å². The molecule has 0 aromatic heterocycles. The van der Waals surface area contributed by atoms with Crippen LogP contribution in [0, 0.1) is 40.7 Å². The third-order valence-corrected chi connectivity index (χ3v) is 3.61. The maximum absolute atomic E-state index is 14.0. The van der Waals surface area contributed by atoms with Crippen molar-refractivity contribution in [1.29, 1.82) is 0 Å². The lowest BCUT2D eigenvalue weighted by Crippen LogP contribution is -2.10. The minimum atomic E-state index is -2.50. The second-order valence-corrected chi connectivity index (χ2v) is 4.93. The average Bonchev–Trinajstić information content (AvgIpc) is 2.79. The van der Waals surface area contributed by atoms with Crippen LogP contribution >= 0.6 is 0 Å². The van der Waals surface area contributed by atoms with Gasteiger partial charge in [0, 0.05) is 17.2 Å². The summed E-state index contributed by atoms with van der Waals surface area (Å²) in [6.07, 6.45) is 0. The molecule has 1 unspecified atom stereocenters. The lowest BCUT2D eigenvalue weighted by Gasteiger charge is -2.15. The van der Waals surface area contributed by atoms with E-state index in [4.69, 9.17) is 0 Å². The molecule has 2 aromatic carbocycles. The molecular formula is C15H3F9. The van der Waals surface area contributed by atoms with Gasteiger partial charge < -0.3 is 0 Å². The Morgan fingerprint density at radius 1 is 0.625 bits per heavy atom. The van der Waals surface area contributed by atoms with E-state index in [2.05, 4.69) is 0 Å².